The van der Waals surface area contributed by atoms with Crippen molar-refractivity contribution in [2.24, 2.45) is 5.92 Å². The highest BCUT2D eigenvalue weighted by Gasteiger charge is 2.25. The maximum absolute atomic E-state index is 12.2. The number of aromatic nitrogens is 1. The summed E-state index contributed by atoms with van der Waals surface area (Å²) in [6, 6.07) is 5.62. The van der Waals surface area contributed by atoms with Crippen LogP contribution in [0.4, 0.5) is 5.69 Å². The molecule has 1 aliphatic heterocycles. The highest BCUT2D eigenvalue weighted by molar-refractivity contribution is 6.32. The van der Waals surface area contributed by atoms with Gasteiger partial charge in [0, 0.05) is 25.7 Å². The number of hydrogen-bond acceptors (Lipinski definition) is 4. The standard InChI is InChI=1S/C14H17ClN4O/c15-13-12(5-1-7-17-13)18-14(20)11-4-2-8-19(10-11)9-3-6-16/h1,5,7,11H,2-4,8-10H2,(H,18,20). The highest BCUT2D eigenvalue weighted by Crippen LogP contribution is 2.22. The fourth-order valence-electron chi connectivity index (χ4n) is 2.39. The Hall–Kier alpha value is -1.64. The summed E-state index contributed by atoms with van der Waals surface area (Å²) in [5.41, 5.74) is 0.549. The Bertz CT molecular complexity index is 514. The second-order valence-electron chi connectivity index (χ2n) is 4.88. The van der Waals surface area contributed by atoms with Crippen molar-refractivity contribution >= 4 is 23.2 Å². The molecule has 5 nitrogen and oxygen atoms in total. The molecule has 106 valence electrons. The van der Waals surface area contributed by atoms with Gasteiger partial charge >= 0.3 is 0 Å². The lowest BCUT2D eigenvalue weighted by Gasteiger charge is -2.31. The van der Waals surface area contributed by atoms with E-state index < -0.39 is 0 Å². The lowest BCUT2D eigenvalue weighted by molar-refractivity contribution is -0.121. The van der Waals surface area contributed by atoms with E-state index in [1.54, 1.807) is 18.3 Å². The molecule has 0 aromatic carbocycles. The van der Waals surface area contributed by atoms with Crippen molar-refractivity contribution in [1.82, 2.24) is 9.88 Å². The minimum atomic E-state index is -0.0567. The van der Waals surface area contributed by atoms with Crippen LogP contribution >= 0.6 is 11.6 Å². The minimum absolute atomic E-state index is 0.0263. The molecular weight excluding hydrogens is 276 g/mol. The van der Waals surface area contributed by atoms with E-state index in [1.165, 1.54) is 0 Å². The summed E-state index contributed by atoms with van der Waals surface area (Å²) in [7, 11) is 0. The highest BCUT2D eigenvalue weighted by atomic mass is 35.5. The number of likely N-dealkylation sites (tertiary alicyclic amines) is 1. The Labute approximate surface area is 123 Å². The molecule has 1 aromatic rings. The summed E-state index contributed by atoms with van der Waals surface area (Å²) in [5.74, 6) is -0.0831. The number of carbonyl (C=O) groups is 1. The lowest BCUT2D eigenvalue weighted by Crippen LogP contribution is -2.41. The smallest absolute Gasteiger partial charge is 0.228 e. The molecule has 0 aliphatic carbocycles. The van der Waals surface area contributed by atoms with Gasteiger partial charge in [0.05, 0.1) is 17.7 Å². The molecular formula is C14H17ClN4O. The third-order valence-electron chi connectivity index (χ3n) is 3.43. The fourth-order valence-corrected chi connectivity index (χ4v) is 2.56. The van der Waals surface area contributed by atoms with Crippen LogP contribution in [0.2, 0.25) is 5.15 Å². The number of carbonyl (C=O) groups excluding carboxylic acids is 1. The van der Waals surface area contributed by atoms with E-state index in [-0.39, 0.29) is 11.8 Å². The first-order valence-corrected chi connectivity index (χ1v) is 7.09. The average molecular weight is 293 g/mol. The molecule has 0 bridgehead atoms. The molecule has 1 saturated heterocycles. The quantitative estimate of drug-likeness (QED) is 0.865. The summed E-state index contributed by atoms with van der Waals surface area (Å²) in [6.45, 7) is 2.39. The van der Waals surface area contributed by atoms with Gasteiger partial charge in [0.25, 0.3) is 0 Å². The predicted octanol–water partition coefficient (Wildman–Crippen LogP) is 2.30. The Morgan fingerprint density at radius 1 is 1.65 bits per heavy atom. The van der Waals surface area contributed by atoms with Gasteiger partial charge in [0.2, 0.25) is 5.91 Å². The number of nitrogens with one attached hydrogen (secondary N) is 1. The third-order valence-corrected chi connectivity index (χ3v) is 3.73. The van der Waals surface area contributed by atoms with E-state index >= 15 is 0 Å². The van der Waals surface area contributed by atoms with E-state index in [1.807, 2.05) is 0 Å². The number of halogens is 1. The van der Waals surface area contributed by atoms with Crippen molar-refractivity contribution in [1.29, 1.82) is 5.26 Å². The van der Waals surface area contributed by atoms with E-state index in [9.17, 15) is 4.79 Å². The zero-order valence-electron chi connectivity index (χ0n) is 11.2. The summed E-state index contributed by atoms with van der Waals surface area (Å²) < 4.78 is 0. The number of amides is 1. The fraction of sp³-hybridized carbons (Fsp3) is 0.500. The minimum Gasteiger partial charge on any atom is -0.323 e. The molecule has 2 rings (SSSR count). The van der Waals surface area contributed by atoms with Crippen molar-refractivity contribution in [3.05, 3.63) is 23.5 Å². The molecule has 1 unspecified atom stereocenters. The predicted molar refractivity (Wildman–Crippen MR) is 77.3 cm³/mol. The van der Waals surface area contributed by atoms with Gasteiger partial charge in [-0.2, -0.15) is 5.26 Å². The number of rotatable bonds is 4. The topological polar surface area (TPSA) is 69.0 Å². The first kappa shape index (κ1) is 14.8. The van der Waals surface area contributed by atoms with Gasteiger partial charge in [-0.1, -0.05) is 11.6 Å². The molecule has 1 atom stereocenters. The van der Waals surface area contributed by atoms with Crippen molar-refractivity contribution < 1.29 is 4.79 Å². The van der Waals surface area contributed by atoms with Gasteiger partial charge in [0.1, 0.15) is 0 Å². The second kappa shape index (κ2) is 7.22. The maximum Gasteiger partial charge on any atom is 0.228 e. The molecule has 0 saturated carbocycles. The zero-order chi connectivity index (χ0) is 14.4. The first-order valence-electron chi connectivity index (χ1n) is 6.71. The van der Waals surface area contributed by atoms with E-state index in [0.29, 0.717) is 23.8 Å². The van der Waals surface area contributed by atoms with E-state index in [0.717, 1.165) is 25.9 Å². The van der Waals surface area contributed by atoms with Crippen molar-refractivity contribution in [3.8, 4) is 6.07 Å². The molecule has 0 spiro atoms. The van der Waals surface area contributed by atoms with Crippen molar-refractivity contribution in [2.45, 2.75) is 19.3 Å². The molecule has 1 N–H and O–H groups in total. The van der Waals surface area contributed by atoms with Crippen LogP contribution < -0.4 is 5.32 Å². The van der Waals surface area contributed by atoms with Crippen LogP contribution in [0.5, 0.6) is 0 Å². The van der Waals surface area contributed by atoms with Crippen LogP contribution in [-0.2, 0) is 4.79 Å². The number of nitriles is 1. The van der Waals surface area contributed by atoms with Gasteiger partial charge in [-0.3, -0.25) is 4.79 Å². The van der Waals surface area contributed by atoms with Crippen LogP contribution in [-0.4, -0.2) is 35.4 Å². The Morgan fingerprint density at radius 2 is 2.50 bits per heavy atom. The van der Waals surface area contributed by atoms with Gasteiger partial charge < -0.3 is 10.2 Å². The normalized spacial score (nSPS) is 19.3. The van der Waals surface area contributed by atoms with Crippen LogP contribution in [0, 0.1) is 17.2 Å². The molecule has 6 heteroatoms. The zero-order valence-corrected chi connectivity index (χ0v) is 11.9. The molecule has 1 aromatic heterocycles. The van der Waals surface area contributed by atoms with Gasteiger partial charge in [-0.05, 0) is 31.5 Å². The van der Waals surface area contributed by atoms with Gasteiger partial charge in [0.15, 0.2) is 5.15 Å². The van der Waals surface area contributed by atoms with Crippen LogP contribution in [0.3, 0.4) is 0 Å². The Balaban J connectivity index is 1.92. The monoisotopic (exact) mass is 292 g/mol. The molecule has 20 heavy (non-hydrogen) atoms. The van der Waals surface area contributed by atoms with Gasteiger partial charge in [-0.25, -0.2) is 4.98 Å². The maximum atomic E-state index is 12.2. The number of nitrogens with zero attached hydrogens (tertiary/aromatic N) is 3. The average Bonchev–Trinajstić information content (AvgIpc) is 2.48. The summed E-state index contributed by atoms with van der Waals surface area (Å²) >= 11 is 5.93. The number of piperidine rings is 1. The van der Waals surface area contributed by atoms with Crippen LogP contribution in [0.25, 0.3) is 0 Å². The molecule has 1 aliphatic rings. The lowest BCUT2D eigenvalue weighted by atomic mass is 9.97. The van der Waals surface area contributed by atoms with E-state index in [4.69, 9.17) is 16.9 Å². The summed E-state index contributed by atoms with van der Waals surface area (Å²) in [5, 5.41) is 11.8. The molecule has 1 amide bonds. The van der Waals surface area contributed by atoms with Gasteiger partial charge in [-0.15, -0.1) is 0 Å². The van der Waals surface area contributed by atoms with Crippen molar-refractivity contribution in [3.63, 3.8) is 0 Å². The number of anilines is 1. The largest absolute Gasteiger partial charge is 0.323 e. The first-order chi connectivity index (χ1) is 9.70. The Kier molecular flexibility index (Phi) is 5.33. The number of pyridine rings is 1. The molecule has 2 heterocycles. The number of hydrogen-bond donors (Lipinski definition) is 1. The van der Waals surface area contributed by atoms with Crippen LogP contribution in [0.1, 0.15) is 19.3 Å². The molecule has 0 radical (unpaired) electrons. The summed E-state index contributed by atoms with van der Waals surface area (Å²) in [6.07, 6.45) is 3.93. The molecule has 1 fully saturated rings. The Morgan fingerprint density at radius 3 is 3.25 bits per heavy atom. The third kappa shape index (κ3) is 3.92. The second-order valence-corrected chi connectivity index (χ2v) is 5.24. The SMILES string of the molecule is N#CCCN1CCCC(C(=O)Nc2cccnc2Cl)C1. The summed E-state index contributed by atoms with van der Waals surface area (Å²) in [4.78, 5) is 18.4. The van der Waals surface area contributed by atoms with Crippen molar-refractivity contribution in [2.75, 3.05) is 25.0 Å². The van der Waals surface area contributed by atoms with E-state index in [2.05, 4.69) is 21.3 Å². The van der Waals surface area contributed by atoms with Crippen LogP contribution in [0.15, 0.2) is 18.3 Å².